The minimum Gasteiger partial charge on any atom is -0.356 e. The van der Waals surface area contributed by atoms with Crippen LogP contribution in [0.2, 0.25) is 0 Å². The third-order valence-electron chi connectivity index (χ3n) is 2.77. The lowest BCUT2D eigenvalue weighted by molar-refractivity contribution is 0.611. The third-order valence-corrected chi connectivity index (χ3v) is 2.77. The number of fused-ring (bicyclic) bond motifs is 1. The Kier molecular flexibility index (Phi) is 3.22. The standard InChI is InChI=1S/C11H17N5O2/c1-4-6-16-8-7(9(17)15(3)11(16)18)13-10(14-8)12-5-2/h4-6H2,1-3H3,(H2,12,13,14). The van der Waals surface area contributed by atoms with Crippen LogP contribution in [-0.2, 0) is 13.6 Å². The van der Waals surface area contributed by atoms with Gasteiger partial charge < -0.3 is 10.3 Å². The Labute approximate surface area is 103 Å². The number of imidazole rings is 1. The van der Waals surface area contributed by atoms with Crippen LogP contribution in [0.15, 0.2) is 9.59 Å². The van der Waals surface area contributed by atoms with Crippen LogP contribution in [0.4, 0.5) is 5.95 Å². The van der Waals surface area contributed by atoms with E-state index in [1.165, 1.54) is 11.6 Å². The summed E-state index contributed by atoms with van der Waals surface area (Å²) < 4.78 is 2.62. The first-order valence-electron chi connectivity index (χ1n) is 6.03. The summed E-state index contributed by atoms with van der Waals surface area (Å²) in [5.41, 5.74) is 0.102. The van der Waals surface area contributed by atoms with E-state index in [0.29, 0.717) is 30.2 Å². The van der Waals surface area contributed by atoms with Crippen LogP contribution in [-0.4, -0.2) is 25.6 Å². The van der Waals surface area contributed by atoms with Crippen molar-refractivity contribution >= 4 is 17.1 Å². The van der Waals surface area contributed by atoms with E-state index in [4.69, 9.17) is 0 Å². The zero-order chi connectivity index (χ0) is 13.3. The highest BCUT2D eigenvalue weighted by molar-refractivity contribution is 5.72. The minimum atomic E-state index is -0.348. The first-order chi connectivity index (χ1) is 8.60. The van der Waals surface area contributed by atoms with Gasteiger partial charge in [0.25, 0.3) is 5.56 Å². The Morgan fingerprint density at radius 1 is 1.33 bits per heavy atom. The van der Waals surface area contributed by atoms with Gasteiger partial charge in [0.05, 0.1) is 0 Å². The van der Waals surface area contributed by atoms with Crippen LogP contribution in [0.25, 0.3) is 11.2 Å². The summed E-state index contributed by atoms with van der Waals surface area (Å²) in [6, 6.07) is 0. The maximum atomic E-state index is 12.0. The molecule has 2 heterocycles. The van der Waals surface area contributed by atoms with E-state index in [1.54, 1.807) is 0 Å². The molecule has 0 aliphatic carbocycles. The predicted octanol–water partition coefficient (Wildman–Crippen LogP) is 0.265. The summed E-state index contributed by atoms with van der Waals surface area (Å²) >= 11 is 0. The summed E-state index contributed by atoms with van der Waals surface area (Å²) in [7, 11) is 1.48. The Morgan fingerprint density at radius 2 is 2.06 bits per heavy atom. The largest absolute Gasteiger partial charge is 0.356 e. The van der Waals surface area contributed by atoms with Gasteiger partial charge in [-0.15, -0.1) is 0 Å². The molecular weight excluding hydrogens is 234 g/mol. The van der Waals surface area contributed by atoms with E-state index in [0.717, 1.165) is 11.0 Å². The molecule has 2 N–H and O–H groups in total. The maximum Gasteiger partial charge on any atom is 0.332 e. The van der Waals surface area contributed by atoms with Gasteiger partial charge in [-0.25, -0.2) is 4.79 Å². The maximum absolute atomic E-state index is 12.0. The van der Waals surface area contributed by atoms with Gasteiger partial charge in [0.15, 0.2) is 11.2 Å². The highest BCUT2D eigenvalue weighted by Crippen LogP contribution is 2.09. The van der Waals surface area contributed by atoms with Crippen LogP contribution in [0.1, 0.15) is 20.3 Å². The summed E-state index contributed by atoms with van der Waals surface area (Å²) in [5, 5.41) is 3.00. The van der Waals surface area contributed by atoms with E-state index in [2.05, 4.69) is 15.3 Å². The number of aromatic nitrogens is 4. The van der Waals surface area contributed by atoms with E-state index in [1.807, 2.05) is 13.8 Å². The summed E-state index contributed by atoms with van der Waals surface area (Å²) in [6.45, 7) is 5.14. The fourth-order valence-electron chi connectivity index (χ4n) is 1.91. The van der Waals surface area contributed by atoms with Crippen molar-refractivity contribution < 1.29 is 0 Å². The van der Waals surface area contributed by atoms with Crippen LogP contribution in [0, 0.1) is 0 Å². The molecule has 0 aliphatic heterocycles. The molecule has 0 amide bonds. The van der Waals surface area contributed by atoms with Crippen LogP contribution in [0.3, 0.4) is 0 Å². The lowest BCUT2D eigenvalue weighted by atomic mass is 10.4. The third kappa shape index (κ3) is 1.81. The zero-order valence-electron chi connectivity index (χ0n) is 10.8. The molecule has 0 bridgehead atoms. The van der Waals surface area contributed by atoms with Crippen molar-refractivity contribution in [1.29, 1.82) is 0 Å². The fourth-order valence-corrected chi connectivity index (χ4v) is 1.91. The van der Waals surface area contributed by atoms with Crippen molar-refractivity contribution in [3.8, 4) is 0 Å². The molecular formula is C11H17N5O2. The van der Waals surface area contributed by atoms with Gasteiger partial charge in [0.1, 0.15) is 0 Å². The monoisotopic (exact) mass is 251 g/mol. The second-order valence-corrected chi connectivity index (χ2v) is 4.11. The lowest BCUT2D eigenvalue weighted by Gasteiger charge is -2.06. The number of aryl methyl sites for hydroxylation is 1. The number of rotatable bonds is 4. The fraction of sp³-hybridized carbons (Fsp3) is 0.545. The van der Waals surface area contributed by atoms with Gasteiger partial charge in [0, 0.05) is 20.1 Å². The van der Waals surface area contributed by atoms with Gasteiger partial charge in [-0.05, 0) is 13.3 Å². The van der Waals surface area contributed by atoms with E-state index in [9.17, 15) is 9.59 Å². The molecule has 0 unspecified atom stereocenters. The highest BCUT2D eigenvalue weighted by atomic mass is 16.2. The molecule has 0 radical (unpaired) electrons. The molecule has 7 heteroatoms. The molecule has 98 valence electrons. The second kappa shape index (κ2) is 4.67. The van der Waals surface area contributed by atoms with Crippen LogP contribution >= 0.6 is 0 Å². The molecule has 0 atom stereocenters. The molecule has 7 nitrogen and oxygen atoms in total. The number of nitrogens with one attached hydrogen (secondary N) is 2. The molecule has 0 aliphatic rings. The van der Waals surface area contributed by atoms with Gasteiger partial charge in [-0.1, -0.05) is 6.92 Å². The number of aromatic amines is 1. The number of nitrogens with zero attached hydrogens (tertiary/aromatic N) is 3. The summed E-state index contributed by atoms with van der Waals surface area (Å²) in [6.07, 6.45) is 0.802. The van der Waals surface area contributed by atoms with E-state index in [-0.39, 0.29) is 11.2 Å². The predicted molar refractivity (Wildman–Crippen MR) is 70.0 cm³/mol. The molecule has 0 saturated carbocycles. The van der Waals surface area contributed by atoms with Crippen molar-refractivity contribution in [2.24, 2.45) is 7.05 Å². The second-order valence-electron chi connectivity index (χ2n) is 4.11. The Hall–Kier alpha value is -2.05. The molecule has 18 heavy (non-hydrogen) atoms. The molecule has 0 aromatic carbocycles. The first-order valence-corrected chi connectivity index (χ1v) is 6.03. The van der Waals surface area contributed by atoms with E-state index < -0.39 is 0 Å². The molecule has 0 saturated heterocycles. The van der Waals surface area contributed by atoms with Gasteiger partial charge >= 0.3 is 5.69 Å². The van der Waals surface area contributed by atoms with Crippen molar-refractivity contribution in [3.05, 3.63) is 20.8 Å². The van der Waals surface area contributed by atoms with Crippen LogP contribution < -0.4 is 16.6 Å². The molecule has 2 aromatic heterocycles. The molecule has 0 spiro atoms. The highest BCUT2D eigenvalue weighted by Gasteiger charge is 2.14. The van der Waals surface area contributed by atoms with Gasteiger partial charge in [-0.3, -0.25) is 13.9 Å². The molecule has 0 fully saturated rings. The Balaban J connectivity index is 2.80. The van der Waals surface area contributed by atoms with Crippen molar-refractivity contribution in [1.82, 2.24) is 19.1 Å². The Morgan fingerprint density at radius 3 is 2.67 bits per heavy atom. The zero-order valence-corrected chi connectivity index (χ0v) is 10.8. The smallest absolute Gasteiger partial charge is 0.332 e. The van der Waals surface area contributed by atoms with Gasteiger partial charge in [0.2, 0.25) is 5.95 Å². The first kappa shape index (κ1) is 12.4. The average Bonchev–Trinajstić information content (AvgIpc) is 2.76. The number of hydrogen-bond donors (Lipinski definition) is 2. The normalized spacial score (nSPS) is 11.1. The number of hydrogen-bond acceptors (Lipinski definition) is 4. The van der Waals surface area contributed by atoms with Crippen molar-refractivity contribution in [2.45, 2.75) is 26.8 Å². The average molecular weight is 251 g/mol. The number of H-pyrrole nitrogens is 1. The topological polar surface area (TPSA) is 84.7 Å². The van der Waals surface area contributed by atoms with Crippen LogP contribution in [0.5, 0.6) is 0 Å². The van der Waals surface area contributed by atoms with Crippen molar-refractivity contribution in [3.63, 3.8) is 0 Å². The lowest BCUT2D eigenvalue weighted by Crippen LogP contribution is -2.38. The molecule has 2 aromatic rings. The quantitative estimate of drug-likeness (QED) is 0.816. The summed E-state index contributed by atoms with van der Waals surface area (Å²) in [5.74, 6) is 0.514. The SMILES string of the molecule is CCCn1c(=O)n(C)c(=O)c2[nH]c(NCC)nc21. The number of anilines is 1. The Bertz CT molecular complexity index is 679. The van der Waals surface area contributed by atoms with Crippen molar-refractivity contribution in [2.75, 3.05) is 11.9 Å². The minimum absolute atomic E-state index is 0.330. The molecule has 2 rings (SSSR count). The summed E-state index contributed by atoms with van der Waals surface area (Å²) in [4.78, 5) is 31.2. The van der Waals surface area contributed by atoms with E-state index >= 15 is 0 Å². The van der Waals surface area contributed by atoms with Gasteiger partial charge in [-0.2, -0.15) is 4.98 Å².